The van der Waals surface area contributed by atoms with Crippen molar-refractivity contribution >= 4 is 21.5 Å². The molecule has 0 saturated carbocycles. The molecule has 138 valence electrons. The van der Waals surface area contributed by atoms with Crippen molar-refractivity contribution in [2.45, 2.75) is 38.1 Å². The maximum absolute atomic E-state index is 12.7. The van der Waals surface area contributed by atoms with E-state index in [2.05, 4.69) is 4.72 Å². The predicted molar refractivity (Wildman–Crippen MR) is 97.7 cm³/mol. The van der Waals surface area contributed by atoms with Crippen LogP contribution in [0.5, 0.6) is 0 Å². The van der Waals surface area contributed by atoms with Crippen LogP contribution in [0.25, 0.3) is 0 Å². The van der Waals surface area contributed by atoms with Crippen molar-refractivity contribution in [3.8, 4) is 0 Å². The van der Waals surface area contributed by atoms with Gasteiger partial charge in [-0.2, -0.15) is 0 Å². The van der Waals surface area contributed by atoms with Crippen LogP contribution in [-0.4, -0.2) is 25.2 Å². The second-order valence-corrected chi connectivity index (χ2v) is 7.83. The van der Waals surface area contributed by atoms with Crippen molar-refractivity contribution in [3.05, 3.63) is 69.3 Å². The summed E-state index contributed by atoms with van der Waals surface area (Å²) < 4.78 is 27.9. The van der Waals surface area contributed by atoms with Gasteiger partial charge in [-0.3, -0.25) is 14.9 Å². The van der Waals surface area contributed by atoms with Gasteiger partial charge >= 0.3 is 0 Å². The van der Waals surface area contributed by atoms with Crippen LogP contribution in [0.1, 0.15) is 34.8 Å². The van der Waals surface area contributed by atoms with Gasteiger partial charge in [-0.25, -0.2) is 13.1 Å². The topological polar surface area (TPSA) is 106 Å². The Morgan fingerprint density at radius 2 is 1.69 bits per heavy atom. The minimum Gasteiger partial charge on any atom is -0.294 e. The fourth-order valence-corrected chi connectivity index (χ4v) is 4.54. The summed E-state index contributed by atoms with van der Waals surface area (Å²) in [5, 5.41) is 10.9. The Kier molecular flexibility index (Phi) is 5.89. The number of nitrogens with zero attached hydrogens (tertiary/aromatic N) is 1. The van der Waals surface area contributed by atoms with Crippen molar-refractivity contribution in [1.29, 1.82) is 0 Å². The van der Waals surface area contributed by atoms with E-state index < -0.39 is 21.0 Å². The van der Waals surface area contributed by atoms with Crippen LogP contribution in [0.3, 0.4) is 0 Å². The Bertz CT molecular complexity index is 916. The van der Waals surface area contributed by atoms with Gasteiger partial charge in [0.05, 0.1) is 9.82 Å². The zero-order chi connectivity index (χ0) is 19.5. The number of hydrogen-bond donors (Lipinski definition) is 1. The molecule has 0 aliphatic heterocycles. The third kappa shape index (κ3) is 4.53. The molecule has 1 N–H and O–H groups in total. The van der Waals surface area contributed by atoms with E-state index in [1.54, 1.807) is 37.3 Å². The average molecular weight is 376 g/mol. The van der Waals surface area contributed by atoms with Crippen molar-refractivity contribution in [2.75, 3.05) is 0 Å². The van der Waals surface area contributed by atoms with Crippen LogP contribution >= 0.6 is 0 Å². The third-order valence-electron chi connectivity index (χ3n) is 3.87. The minimum absolute atomic E-state index is 0.00195. The highest BCUT2D eigenvalue weighted by Gasteiger charge is 2.25. The highest BCUT2D eigenvalue weighted by Crippen LogP contribution is 2.26. The summed E-state index contributed by atoms with van der Waals surface area (Å²) in [5.41, 5.74) is 0.920. The smallest absolute Gasteiger partial charge is 0.270 e. The molecule has 2 aromatic carbocycles. The molecule has 0 aliphatic rings. The second-order valence-electron chi connectivity index (χ2n) is 6.18. The maximum atomic E-state index is 12.7. The van der Waals surface area contributed by atoms with E-state index in [4.69, 9.17) is 0 Å². The SMILES string of the molecule is Cc1cc([N+](=O)[O-])cc(C)c1S(=O)(=O)NC(C)CC(=O)c1ccccc1. The summed E-state index contributed by atoms with van der Waals surface area (Å²) in [6.45, 7) is 4.62. The Balaban J connectivity index is 2.21. The van der Waals surface area contributed by atoms with E-state index in [1.807, 2.05) is 0 Å². The van der Waals surface area contributed by atoms with E-state index in [0.29, 0.717) is 5.56 Å². The van der Waals surface area contributed by atoms with Gasteiger partial charge in [-0.05, 0) is 31.9 Å². The Hall–Kier alpha value is -2.58. The lowest BCUT2D eigenvalue weighted by atomic mass is 10.1. The lowest BCUT2D eigenvalue weighted by molar-refractivity contribution is -0.385. The number of hydrogen-bond acceptors (Lipinski definition) is 5. The first-order valence-corrected chi connectivity index (χ1v) is 9.46. The van der Waals surface area contributed by atoms with Crippen LogP contribution in [0.2, 0.25) is 0 Å². The monoisotopic (exact) mass is 376 g/mol. The summed E-state index contributed by atoms with van der Waals surface area (Å²) in [4.78, 5) is 22.6. The highest BCUT2D eigenvalue weighted by atomic mass is 32.2. The van der Waals surface area contributed by atoms with E-state index in [0.717, 1.165) is 0 Å². The lowest BCUT2D eigenvalue weighted by Gasteiger charge is -2.16. The minimum atomic E-state index is -3.92. The molecule has 0 aromatic heterocycles. The Labute approximate surface area is 152 Å². The first kappa shape index (κ1) is 19.7. The zero-order valence-electron chi connectivity index (χ0n) is 14.7. The molecule has 0 amide bonds. The Morgan fingerprint density at radius 3 is 2.19 bits per heavy atom. The molecular formula is C18H20N2O5S. The third-order valence-corrected chi connectivity index (χ3v) is 5.76. The van der Waals surface area contributed by atoms with E-state index in [-0.39, 0.29) is 33.9 Å². The van der Waals surface area contributed by atoms with E-state index >= 15 is 0 Å². The lowest BCUT2D eigenvalue weighted by Crippen LogP contribution is -2.35. The number of rotatable bonds is 7. The number of carbonyl (C=O) groups is 1. The molecule has 2 aromatic rings. The molecule has 0 heterocycles. The van der Waals surface area contributed by atoms with Gasteiger partial charge in [0.1, 0.15) is 0 Å². The molecule has 0 saturated heterocycles. The van der Waals surface area contributed by atoms with Gasteiger partial charge in [0, 0.05) is 30.2 Å². The normalized spacial score (nSPS) is 12.6. The van der Waals surface area contributed by atoms with Crippen LogP contribution < -0.4 is 4.72 Å². The highest BCUT2D eigenvalue weighted by molar-refractivity contribution is 7.89. The molecule has 0 spiro atoms. The number of sulfonamides is 1. The average Bonchev–Trinajstić information content (AvgIpc) is 2.53. The van der Waals surface area contributed by atoms with Crippen molar-refractivity contribution < 1.29 is 18.1 Å². The molecule has 26 heavy (non-hydrogen) atoms. The second kappa shape index (κ2) is 7.76. The van der Waals surface area contributed by atoms with Crippen LogP contribution in [-0.2, 0) is 10.0 Å². The number of carbonyl (C=O) groups excluding carboxylic acids is 1. The summed E-state index contributed by atoms with van der Waals surface area (Å²) in [5.74, 6) is -0.169. The number of nitrogens with one attached hydrogen (secondary N) is 1. The van der Waals surface area contributed by atoms with Crippen molar-refractivity contribution in [3.63, 3.8) is 0 Å². The van der Waals surface area contributed by atoms with Crippen LogP contribution in [0, 0.1) is 24.0 Å². The number of nitro groups is 1. The zero-order valence-corrected chi connectivity index (χ0v) is 15.5. The molecule has 7 nitrogen and oxygen atoms in total. The molecule has 0 bridgehead atoms. The summed E-state index contributed by atoms with van der Waals surface area (Å²) in [6, 6.07) is 10.5. The molecule has 0 fully saturated rings. The number of nitro benzene ring substituents is 1. The summed E-state index contributed by atoms with van der Waals surface area (Å²) in [7, 11) is -3.92. The Morgan fingerprint density at radius 1 is 1.15 bits per heavy atom. The number of benzene rings is 2. The molecular weight excluding hydrogens is 356 g/mol. The van der Waals surface area contributed by atoms with Gasteiger partial charge in [0.2, 0.25) is 10.0 Å². The number of ketones is 1. The van der Waals surface area contributed by atoms with Gasteiger partial charge < -0.3 is 0 Å². The quantitative estimate of drug-likeness (QED) is 0.454. The summed E-state index contributed by atoms with van der Waals surface area (Å²) in [6.07, 6.45) is 0.00825. The first-order valence-electron chi connectivity index (χ1n) is 7.98. The number of Topliss-reactive ketones (excluding diaryl/α,β-unsaturated/α-hetero) is 1. The standard InChI is InChI=1S/C18H20N2O5S/c1-12-9-16(20(22)23)10-13(2)18(12)26(24,25)19-14(3)11-17(21)15-7-5-4-6-8-15/h4-10,14,19H,11H2,1-3H3. The number of non-ortho nitro benzene ring substituents is 1. The molecule has 0 aliphatic carbocycles. The maximum Gasteiger partial charge on any atom is 0.270 e. The first-order chi connectivity index (χ1) is 12.1. The van der Waals surface area contributed by atoms with Gasteiger partial charge in [0.25, 0.3) is 5.69 Å². The van der Waals surface area contributed by atoms with Gasteiger partial charge in [-0.1, -0.05) is 30.3 Å². The molecule has 2 rings (SSSR count). The number of aryl methyl sites for hydroxylation is 2. The van der Waals surface area contributed by atoms with Crippen LogP contribution in [0.15, 0.2) is 47.4 Å². The largest absolute Gasteiger partial charge is 0.294 e. The van der Waals surface area contributed by atoms with Crippen LogP contribution in [0.4, 0.5) is 5.69 Å². The summed E-state index contributed by atoms with van der Waals surface area (Å²) >= 11 is 0. The van der Waals surface area contributed by atoms with Crippen molar-refractivity contribution in [2.24, 2.45) is 0 Å². The molecule has 0 radical (unpaired) electrons. The van der Waals surface area contributed by atoms with Gasteiger partial charge in [-0.15, -0.1) is 0 Å². The fourth-order valence-electron chi connectivity index (χ4n) is 2.84. The molecule has 1 unspecified atom stereocenters. The predicted octanol–water partition coefficient (Wildman–Crippen LogP) is 3.15. The molecule has 1 atom stereocenters. The van der Waals surface area contributed by atoms with Crippen molar-refractivity contribution in [1.82, 2.24) is 4.72 Å². The fraction of sp³-hybridized carbons (Fsp3) is 0.278. The van der Waals surface area contributed by atoms with E-state index in [9.17, 15) is 23.3 Å². The van der Waals surface area contributed by atoms with Gasteiger partial charge in [0.15, 0.2) is 5.78 Å². The van der Waals surface area contributed by atoms with E-state index in [1.165, 1.54) is 26.0 Å². The molecule has 8 heteroatoms.